The van der Waals surface area contributed by atoms with Gasteiger partial charge >= 0.3 is 11.4 Å². The highest BCUT2D eigenvalue weighted by atomic mass is 32.2. The van der Waals surface area contributed by atoms with E-state index in [0.29, 0.717) is 18.7 Å². The molecule has 0 aromatic heterocycles. The van der Waals surface area contributed by atoms with Gasteiger partial charge in [0.1, 0.15) is 0 Å². The molecule has 0 aliphatic rings. The van der Waals surface area contributed by atoms with E-state index in [2.05, 4.69) is 19.2 Å². The van der Waals surface area contributed by atoms with Crippen LogP contribution in [0.2, 0.25) is 0 Å². The van der Waals surface area contributed by atoms with Crippen LogP contribution in [0.15, 0.2) is 18.2 Å². The van der Waals surface area contributed by atoms with Crippen LogP contribution in [0.3, 0.4) is 0 Å². The first-order chi connectivity index (χ1) is 11.9. The summed E-state index contributed by atoms with van der Waals surface area (Å²) in [5, 5.41) is 2.87. The average molecular weight is 371 g/mol. The number of carbonyl (C=O) groups excluding carboxylic acids is 1. The lowest BCUT2D eigenvalue weighted by Crippen LogP contribution is -2.22. The van der Waals surface area contributed by atoms with Gasteiger partial charge in [-0.15, -0.1) is 0 Å². The number of hydrogen-bond donors (Lipinski definition) is 2. The molecule has 0 saturated heterocycles. The van der Waals surface area contributed by atoms with Crippen molar-refractivity contribution in [2.45, 2.75) is 58.9 Å². The second kappa shape index (κ2) is 11.9. The van der Waals surface area contributed by atoms with E-state index < -0.39 is 11.4 Å². The molecule has 0 saturated carbocycles. The summed E-state index contributed by atoms with van der Waals surface area (Å²) in [5.41, 5.74) is 0.832. The van der Waals surface area contributed by atoms with Crippen LogP contribution in [-0.2, 0) is 22.7 Å². The predicted molar refractivity (Wildman–Crippen MR) is 98.8 cm³/mol. The highest BCUT2D eigenvalue weighted by molar-refractivity contribution is 7.74. The van der Waals surface area contributed by atoms with E-state index in [1.165, 1.54) is 26.4 Å². The lowest BCUT2D eigenvalue weighted by atomic mass is 10.0. The van der Waals surface area contributed by atoms with E-state index in [1.54, 1.807) is 18.2 Å². The van der Waals surface area contributed by atoms with Crippen LogP contribution in [-0.4, -0.2) is 21.8 Å². The number of unbranched alkanes of at least 4 members (excludes halogenated alkanes) is 3. The summed E-state index contributed by atoms with van der Waals surface area (Å²) in [7, 11) is 1.45. The fourth-order valence-corrected chi connectivity index (χ4v) is 2.74. The summed E-state index contributed by atoms with van der Waals surface area (Å²) < 4.78 is 29.3. The minimum atomic E-state index is -2.41. The summed E-state index contributed by atoms with van der Waals surface area (Å²) in [6.07, 6.45) is 6.17. The van der Waals surface area contributed by atoms with E-state index in [0.717, 1.165) is 24.3 Å². The van der Waals surface area contributed by atoms with Gasteiger partial charge in [-0.3, -0.25) is 9.35 Å². The maximum atomic E-state index is 11.9. The Morgan fingerprint density at radius 1 is 1.20 bits per heavy atom. The zero-order valence-electron chi connectivity index (χ0n) is 15.2. The molecule has 142 valence electrons. The Morgan fingerprint density at radius 2 is 1.92 bits per heavy atom. The molecule has 1 atom stereocenters. The second-order valence-corrected chi connectivity index (χ2v) is 7.01. The molecule has 1 amide bonds. The molecule has 0 spiro atoms. The zero-order chi connectivity index (χ0) is 18.7. The number of nitrogens with one attached hydrogen (secondary N) is 1. The Balaban J connectivity index is 2.32. The first kappa shape index (κ1) is 21.4. The third kappa shape index (κ3) is 9.45. The average Bonchev–Trinajstić information content (AvgIpc) is 2.56. The minimum Gasteiger partial charge on any atom is -0.493 e. The van der Waals surface area contributed by atoms with Gasteiger partial charge in [0.25, 0.3) is 0 Å². The monoisotopic (exact) mass is 371 g/mol. The predicted octanol–water partition coefficient (Wildman–Crippen LogP) is 3.82. The molecule has 1 unspecified atom stereocenters. The van der Waals surface area contributed by atoms with Gasteiger partial charge in [0, 0.05) is 13.0 Å². The van der Waals surface area contributed by atoms with E-state index in [4.69, 9.17) is 13.5 Å². The Morgan fingerprint density at radius 3 is 2.56 bits per heavy atom. The van der Waals surface area contributed by atoms with Crippen LogP contribution >= 0.6 is 0 Å². The molecular weight excluding hydrogens is 342 g/mol. The maximum absolute atomic E-state index is 11.9. The first-order valence-corrected chi connectivity index (χ1v) is 9.68. The summed E-state index contributed by atoms with van der Waals surface area (Å²) in [4.78, 5) is 11.9. The van der Waals surface area contributed by atoms with Crippen LogP contribution in [0.25, 0.3) is 0 Å². The fourth-order valence-electron chi connectivity index (χ4n) is 2.45. The molecule has 0 radical (unpaired) electrons. The van der Waals surface area contributed by atoms with Gasteiger partial charge in [0.05, 0.1) is 7.11 Å². The van der Waals surface area contributed by atoms with Crippen molar-refractivity contribution in [2.75, 3.05) is 7.11 Å². The van der Waals surface area contributed by atoms with Crippen LogP contribution in [0.5, 0.6) is 11.5 Å². The molecule has 1 aromatic carbocycles. The summed E-state index contributed by atoms with van der Waals surface area (Å²) in [6.45, 7) is 4.83. The van der Waals surface area contributed by atoms with E-state index >= 15 is 0 Å². The molecule has 2 N–H and O–H groups in total. The Hall–Kier alpha value is -1.60. The summed E-state index contributed by atoms with van der Waals surface area (Å²) in [5.74, 6) is 1.30. The van der Waals surface area contributed by atoms with E-state index in [9.17, 15) is 9.00 Å². The van der Waals surface area contributed by atoms with Crippen molar-refractivity contribution in [3.05, 3.63) is 23.8 Å². The minimum absolute atomic E-state index is 0.0274. The zero-order valence-corrected chi connectivity index (χ0v) is 16.1. The number of methoxy groups -OCH3 is 1. The number of ether oxygens (including phenoxy) is 1. The second-order valence-electron chi connectivity index (χ2n) is 6.41. The van der Waals surface area contributed by atoms with Gasteiger partial charge in [0.15, 0.2) is 11.5 Å². The van der Waals surface area contributed by atoms with Gasteiger partial charge in [-0.1, -0.05) is 45.6 Å². The third-order valence-corrected chi connectivity index (χ3v) is 4.14. The third-order valence-electron chi connectivity index (χ3n) is 3.81. The summed E-state index contributed by atoms with van der Waals surface area (Å²) in [6, 6.07) is 4.94. The molecule has 0 aliphatic carbocycles. The van der Waals surface area contributed by atoms with Crippen molar-refractivity contribution < 1.29 is 22.5 Å². The molecule has 25 heavy (non-hydrogen) atoms. The number of carbonyl (C=O) groups is 1. The van der Waals surface area contributed by atoms with Crippen LogP contribution in [0.1, 0.15) is 57.9 Å². The van der Waals surface area contributed by atoms with Gasteiger partial charge in [0.2, 0.25) is 5.91 Å². The first-order valence-electron chi connectivity index (χ1n) is 8.65. The lowest BCUT2D eigenvalue weighted by molar-refractivity contribution is -0.121. The van der Waals surface area contributed by atoms with Gasteiger partial charge < -0.3 is 14.2 Å². The number of rotatable bonds is 12. The molecule has 1 aromatic rings. The summed E-state index contributed by atoms with van der Waals surface area (Å²) >= 11 is -2.41. The number of hydrogen-bond acceptors (Lipinski definition) is 4. The van der Waals surface area contributed by atoms with Crippen molar-refractivity contribution in [3.63, 3.8) is 0 Å². The van der Waals surface area contributed by atoms with Crippen molar-refractivity contribution in [2.24, 2.45) is 5.92 Å². The Bertz CT molecular complexity index is 562. The smallest absolute Gasteiger partial charge is 0.357 e. The quantitative estimate of drug-likeness (QED) is 0.431. The van der Waals surface area contributed by atoms with Gasteiger partial charge in [-0.05, 0) is 30.0 Å². The van der Waals surface area contributed by atoms with Gasteiger partial charge in [-0.2, -0.15) is 4.21 Å². The lowest BCUT2D eigenvalue weighted by Gasteiger charge is -2.10. The Labute approximate surface area is 152 Å². The van der Waals surface area contributed by atoms with Crippen molar-refractivity contribution in [1.82, 2.24) is 5.32 Å². The normalized spacial score (nSPS) is 12.0. The largest absolute Gasteiger partial charge is 0.493 e. The molecule has 0 bridgehead atoms. The van der Waals surface area contributed by atoms with Gasteiger partial charge in [-0.25, -0.2) is 0 Å². The molecule has 1 rings (SSSR count). The van der Waals surface area contributed by atoms with Crippen LogP contribution in [0.4, 0.5) is 0 Å². The maximum Gasteiger partial charge on any atom is 0.357 e. The van der Waals surface area contributed by atoms with E-state index in [-0.39, 0.29) is 11.7 Å². The SMILES string of the molecule is COc1cc(CNC(=O)CCCCCCC(C)C)ccc1OS(=O)O. The molecule has 0 fully saturated rings. The van der Waals surface area contributed by atoms with Crippen LogP contribution < -0.4 is 14.2 Å². The molecule has 0 heterocycles. The highest BCUT2D eigenvalue weighted by Crippen LogP contribution is 2.28. The Kier molecular flexibility index (Phi) is 10.2. The molecule has 0 aliphatic heterocycles. The molecular formula is C18H29NO5S. The van der Waals surface area contributed by atoms with Crippen molar-refractivity contribution in [1.29, 1.82) is 0 Å². The fraction of sp³-hybridized carbons (Fsp3) is 0.611. The van der Waals surface area contributed by atoms with Crippen molar-refractivity contribution in [3.8, 4) is 11.5 Å². The number of benzene rings is 1. The van der Waals surface area contributed by atoms with E-state index in [1.807, 2.05) is 0 Å². The molecule has 7 heteroatoms. The van der Waals surface area contributed by atoms with Crippen molar-refractivity contribution >= 4 is 17.3 Å². The van der Waals surface area contributed by atoms with Crippen LogP contribution in [0, 0.1) is 5.92 Å². The standard InChI is InChI=1S/C18H29NO5S/c1-14(2)8-6-4-5-7-9-18(20)19-13-15-10-11-16(24-25(21)22)17(12-15)23-3/h10-12,14H,4-9,13H2,1-3H3,(H,19,20)(H,21,22). The molecule has 6 nitrogen and oxygen atoms in total. The topological polar surface area (TPSA) is 84.9 Å². The highest BCUT2D eigenvalue weighted by Gasteiger charge is 2.09. The number of amides is 1.